The molecule has 0 saturated carbocycles. The van der Waals surface area contributed by atoms with Gasteiger partial charge in [-0.05, 0) is 0 Å². The van der Waals surface area contributed by atoms with Crippen molar-refractivity contribution in [3.8, 4) is 0 Å². The molecule has 4 fully saturated rings. The summed E-state index contributed by atoms with van der Waals surface area (Å²) >= 11 is 0. The van der Waals surface area contributed by atoms with Crippen molar-refractivity contribution in [3.63, 3.8) is 0 Å². The Hall–Kier alpha value is -0.930. The summed E-state index contributed by atoms with van der Waals surface area (Å²) in [6.45, 7) is -4.55. The van der Waals surface area contributed by atoms with Crippen LogP contribution in [0, 0.1) is 0 Å². The zero-order valence-electron chi connectivity index (χ0n) is 25.2. The van der Waals surface area contributed by atoms with E-state index >= 15 is 0 Å². The van der Waals surface area contributed by atoms with Gasteiger partial charge in [-0.2, -0.15) is 8.42 Å². The topological polar surface area (TPSA) is 391 Å². The largest absolute Gasteiger partial charge is 0.397 e. The number of rotatable bonds is 13. The lowest BCUT2D eigenvalue weighted by Gasteiger charge is -2.45. The number of hydrogen-bond donors (Lipinski definition) is 14. The molecule has 19 atom stereocenters. The molecular formula is C24H42O24S. The molecule has 0 amide bonds. The zero-order chi connectivity index (χ0) is 36.6. The highest BCUT2D eigenvalue weighted by Gasteiger charge is 2.59. The molecule has 0 unspecified atom stereocenters. The number of aliphatic hydroxyl groups is 13. The SMILES string of the molecule is O=S(=O)(O)O[C@H]1[C@@H](O[C@]2(CO)O[C@H](CO)[C@@H](O)[C@@H]2O)O[C@H](CO[C@H]2O[C@H](CO[C@H]3O[C@H](CO)[C@H](O)[C@H](O)[C@H]3O)[C@H](O)[C@H](O)[C@H]2O)[C@@H](O)[C@@H]1O. The summed E-state index contributed by atoms with van der Waals surface area (Å²) in [6, 6.07) is 0. The molecule has 49 heavy (non-hydrogen) atoms. The molecular weight excluding hydrogens is 704 g/mol. The van der Waals surface area contributed by atoms with Crippen LogP contribution in [-0.4, -0.2) is 229 Å². The zero-order valence-corrected chi connectivity index (χ0v) is 26.0. The Bertz CT molecular complexity index is 1160. The average Bonchev–Trinajstić information content (AvgIpc) is 3.30. The van der Waals surface area contributed by atoms with Crippen molar-refractivity contribution in [2.24, 2.45) is 0 Å². The van der Waals surface area contributed by atoms with Crippen LogP contribution in [0.25, 0.3) is 0 Å². The Balaban J connectivity index is 1.46. The second-order valence-corrected chi connectivity index (χ2v) is 12.8. The third-order valence-electron chi connectivity index (χ3n) is 8.47. The van der Waals surface area contributed by atoms with Crippen LogP contribution in [0.3, 0.4) is 0 Å². The summed E-state index contributed by atoms with van der Waals surface area (Å²) in [6.07, 6.45) is -34.0. The van der Waals surface area contributed by atoms with Crippen LogP contribution in [0.4, 0.5) is 0 Å². The van der Waals surface area contributed by atoms with Crippen LogP contribution in [0.2, 0.25) is 0 Å². The van der Waals surface area contributed by atoms with Gasteiger partial charge in [-0.15, -0.1) is 0 Å². The molecule has 4 aliphatic rings. The number of hydrogen-bond acceptors (Lipinski definition) is 23. The number of ether oxygens (including phenoxy) is 7. The fourth-order valence-corrected chi connectivity index (χ4v) is 6.11. The summed E-state index contributed by atoms with van der Waals surface area (Å²) in [5, 5.41) is 132. The van der Waals surface area contributed by atoms with E-state index in [0.717, 1.165) is 0 Å². The van der Waals surface area contributed by atoms with Gasteiger partial charge < -0.3 is 99.5 Å². The van der Waals surface area contributed by atoms with Gasteiger partial charge in [0.25, 0.3) is 0 Å². The summed E-state index contributed by atoms with van der Waals surface area (Å²) in [5.41, 5.74) is 0. The van der Waals surface area contributed by atoms with Gasteiger partial charge in [0.05, 0.1) is 26.4 Å². The molecule has 0 aromatic carbocycles. The van der Waals surface area contributed by atoms with Gasteiger partial charge in [-0.25, -0.2) is 4.18 Å². The first-order valence-electron chi connectivity index (χ1n) is 14.7. The van der Waals surface area contributed by atoms with Crippen LogP contribution in [-0.2, 0) is 47.7 Å². The molecule has 14 N–H and O–H groups in total. The molecule has 0 aromatic heterocycles. The molecule has 288 valence electrons. The molecule has 0 aliphatic carbocycles. The first-order chi connectivity index (χ1) is 22.9. The fourth-order valence-electron chi connectivity index (χ4n) is 5.62. The standard InChI is InChI=1S/C24H42O24S/c25-1-6-10(28)14(32)17(35)21(43-6)41-3-8-11(29)15(33)18(36)22(44-8)42-4-9-12(30)16(34)19(48-49(38,39)40)23(45-9)47-24(5-27)20(37)13(31)7(2-26)46-24/h6-23,25-37H,1-5H2,(H,38,39,40)/t6-,7-,8-,9-,10+,11+,12-,13-,14+,15+,16+,17-,18-,19-,20+,21+,22+,23-,24+/m1/s1. The third-order valence-corrected chi connectivity index (χ3v) is 8.93. The molecule has 0 bridgehead atoms. The lowest BCUT2D eigenvalue weighted by atomic mass is 9.98. The van der Waals surface area contributed by atoms with Crippen molar-refractivity contribution >= 4 is 10.4 Å². The van der Waals surface area contributed by atoms with E-state index in [4.69, 9.17) is 33.2 Å². The minimum atomic E-state index is -5.41. The molecule has 4 heterocycles. The minimum absolute atomic E-state index is 0.717. The lowest BCUT2D eigenvalue weighted by Crippen LogP contribution is -2.64. The maximum atomic E-state index is 11.5. The van der Waals surface area contributed by atoms with E-state index in [-0.39, 0.29) is 0 Å². The molecule has 4 rings (SSSR count). The summed E-state index contributed by atoms with van der Waals surface area (Å²) in [7, 11) is -5.41. The molecule has 0 aromatic rings. The van der Waals surface area contributed by atoms with Crippen molar-refractivity contribution in [3.05, 3.63) is 0 Å². The third kappa shape index (κ3) is 8.66. The van der Waals surface area contributed by atoms with Gasteiger partial charge in [-0.1, -0.05) is 0 Å². The van der Waals surface area contributed by atoms with Crippen molar-refractivity contribution in [2.75, 3.05) is 33.0 Å². The normalized spacial score (nSPS) is 49.7. The van der Waals surface area contributed by atoms with E-state index < -0.39 is 160 Å². The molecule has 0 spiro atoms. The Kier molecular flexibility index (Phi) is 13.7. The van der Waals surface area contributed by atoms with E-state index in [1.165, 1.54) is 0 Å². The fraction of sp³-hybridized carbons (Fsp3) is 1.00. The van der Waals surface area contributed by atoms with E-state index in [1.54, 1.807) is 0 Å². The van der Waals surface area contributed by atoms with Crippen LogP contribution >= 0.6 is 0 Å². The van der Waals surface area contributed by atoms with Gasteiger partial charge in [0, 0.05) is 0 Å². The second kappa shape index (κ2) is 16.4. The molecule has 24 nitrogen and oxygen atoms in total. The monoisotopic (exact) mass is 746 g/mol. The highest BCUT2D eigenvalue weighted by molar-refractivity contribution is 7.80. The Morgan fingerprint density at radius 3 is 1.45 bits per heavy atom. The first kappa shape index (κ1) is 40.8. The Labute approximate surface area is 276 Å². The highest BCUT2D eigenvalue weighted by atomic mass is 32.3. The summed E-state index contributed by atoms with van der Waals surface area (Å²) in [4.78, 5) is 0. The van der Waals surface area contributed by atoms with Crippen molar-refractivity contribution in [1.29, 1.82) is 0 Å². The van der Waals surface area contributed by atoms with Crippen molar-refractivity contribution in [1.82, 2.24) is 0 Å². The lowest BCUT2D eigenvalue weighted by molar-refractivity contribution is -0.385. The van der Waals surface area contributed by atoms with Crippen LogP contribution in [0.1, 0.15) is 0 Å². The predicted octanol–water partition coefficient (Wildman–Crippen LogP) is -9.92. The molecule has 25 heteroatoms. The predicted molar refractivity (Wildman–Crippen MR) is 144 cm³/mol. The maximum Gasteiger partial charge on any atom is 0.397 e. The van der Waals surface area contributed by atoms with Crippen LogP contribution in [0.5, 0.6) is 0 Å². The highest BCUT2D eigenvalue weighted by Crippen LogP contribution is 2.37. The quantitative estimate of drug-likeness (QED) is 0.0778. The molecule has 4 aliphatic heterocycles. The summed E-state index contributed by atoms with van der Waals surface area (Å²) in [5.74, 6) is -2.65. The molecule has 0 radical (unpaired) electrons. The van der Waals surface area contributed by atoms with E-state index in [2.05, 4.69) is 4.18 Å². The van der Waals surface area contributed by atoms with E-state index in [0.29, 0.717) is 0 Å². The molecule has 4 saturated heterocycles. The van der Waals surface area contributed by atoms with Crippen LogP contribution < -0.4 is 0 Å². The van der Waals surface area contributed by atoms with Gasteiger partial charge in [0.15, 0.2) is 25.0 Å². The minimum Gasteiger partial charge on any atom is -0.394 e. The maximum absolute atomic E-state index is 11.5. The van der Waals surface area contributed by atoms with Gasteiger partial charge in [0.1, 0.15) is 92.1 Å². The number of aliphatic hydroxyl groups excluding tert-OH is 13. The van der Waals surface area contributed by atoms with E-state index in [9.17, 15) is 79.4 Å². The first-order valence-corrected chi connectivity index (χ1v) is 16.1. The Morgan fingerprint density at radius 2 is 1.00 bits per heavy atom. The smallest absolute Gasteiger partial charge is 0.394 e. The summed E-state index contributed by atoms with van der Waals surface area (Å²) < 4.78 is 74.1. The average molecular weight is 747 g/mol. The second-order valence-electron chi connectivity index (χ2n) is 11.8. The van der Waals surface area contributed by atoms with Gasteiger partial charge in [-0.3, -0.25) is 4.55 Å². The Morgan fingerprint density at radius 1 is 0.551 bits per heavy atom. The van der Waals surface area contributed by atoms with Crippen molar-refractivity contribution < 1.29 is 117 Å². The van der Waals surface area contributed by atoms with Crippen LogP contribution in [0.15, 0.2) is 0 Å². The van der Waals surface area contributed by atoms with Gasteiger partial charge in [0.2, 0.25) is 5.79 Å². The van der Waals surface area contributed by atoms with E-state index in [1.807, 2.05) is 0 Å². The van der Waals surface area contributed by atoms with Gasteiger partial charge >= 0.3 is 10.4 Å². The van der Waals surface area contributed by atoms with Crippen molar-refractivity contribution in [2.45, 2.75) is 116 Å².